The standard InChI is InChI=1S/C14H20BrN3O2/c1-3-18(4-2)13(19)9-12(17-14(16)20)10-6-5-7-11(15)8-10/h5-8,12H,3-4,9H2,1-2H3,(H3,16,17,20). The number of halogens is 1. The number of nitrogens with zero attached hydrogens (tertiary/aromatic N) is 1. The topological polar surface area (TPSA) is 75.4 Å². The second kappa shape index (κ2) is 7.89. The SMILES string of the molecule is CCN(CC)C(=O)CC(NC(N)=O)c1cccc(Br)c1. The molecule has 1 aromatic carbocycles. The summed E-state index contributed by atoms with van der Waals surface area (Å²) in [7, 11) is 0. The summed E-state index contributed by atoms with van der Waals surface area (Å²) in [5.74, 6) is -0.00581. The van der Waals surface area contributed by atoms with Crippen molar-refractivity contribution >= 4 is 27.9 Å². The van der Waals surface area contributed by atoms with E-state index in [1.54, 1.807) is 4.90 Å². The van der Waals surface area contributed by atoms with Gasteiger partial charge in [0.25, 0.3) is 0 Å². The summed E-state index contributed by atoms with van der Waals surface area (Å²) < 4.78 is 0.890. The molecule has 0 saturated heterocycles. The van der Waals surface area contributed by atoms with Crippen LogP contribution in [0, 0.1) is 0 Å². The van der Waals surface area contributed by atoms with Gasteiger partial charge in [0.1, 0.15) is 0 Å². The minimum Gasteiger partial charge on any atom is -0.352 e. The van der Waals surface area contributed by atoms with Crippen molar-refractivity contribution in [3.05, 3.63) is 34.3 Å². The first-order chi connectivity index (χ1) is 9.47. The number of benzene rings is 1. The first-order valence-electron chi connectivity index (χ1n) is 6.57. The van der Waals surface area contributed by atoms with E-state index < -0.39 is 12.1 Å². The van der Waals surface area contributed by atoms with Crippen LogP contribution < -0.4 is 11.1 Å². The van der Waals surface area contributed by atoms with E-state index in [4.69, 9.17) is 5.73 Å². The van der Waals surface area contributed by atoms with Crippen LogP contribution in [-0.4, -0.2) is 29.9 Å². The van der Waals surface area contributed by atoms with E-state index in [1.807, 2.05) is 38.1 Å². The summed E-state index contributed by atoms with van der Waals surface area (Å²) in [6.45, 7) is 5.16. The molecule has 1 rings (SSSR count). The maximum atomic E-state index is 12.2. The van der Waals surface area contributed by atoms with Gasteiger partial charge in [-0.1, -0.05) is 28.1 Å². The molecule has 110 valence electrons. The number of hydrogen-bond acceptors (Lipinski definition) is 2. The maximum Gasteiger partial charge on any atom is 0.312 e. The Morgan fingerprint density at radius 3 is 2.50 bits per heavy atom. The van der Waals surface area contributed by atoms with Crippen LogP contribution in [0.1, 0.15) is 31.9 Å². The molecule has 1 atom stereocenters. The molecule has 1 aromatic rings. The van der Waals surface area contributed by atoms with Gasteiger partial charge in [0.2, 0.25) is 5.91 Å². The third-order valence-electron chi connectivity index (χ3n) is 3.06. The van der Waals surface area contributed by atoms with Crippen LogP contribution in [0.3, 0.4) is 0 Å². The number of rotatable bonds is 6. The van der Waals surface area contributed by atoms with Crippen LogP contribution in [-0.2, 0) is 4.79 Å². The van der Waals surface area contributed by atoms with Gasteiger partial charge < -0.3 is 16.0 Å². The summed E-state index contributed by atoms with van der Waals surface area (Å²) in [6.07, 6.45) is 0.196. The van der Waals surface area contributed by atoms with Crippen molar-refractivity contribution in [2.75, 3.05) is 13.1 Å². The van der Waals surface area contributed by atoms with Crippen LogP contribution in [0.25, 0.3) is 0 Å². The lowest BCUT2D eigenvalue weighted by Gasteiger charge is -2.23. The second-order valence-electron chi connectivity index (χ2n) is 4.39. The number of primary amides is 1. The molecular weight excluding hydrogens is 322 g/mol. The third-order valence-corrected chi connectivity index (χ3v) is 3.56. The van der Waals surface area contributed by atoms with Crippen molar-refractivity contribution in [1.29, 1.82) is 0 Å². The molecule has 0 aromatic heterocycles. The van der Waals surface area contributed by atoms with Gasteiger partial charge in [-0.3, -0.25) is 4.79 Å². The number of amides is 3. The highest BCUT2D eigenvalue weighted by Crippen LogP contribution is 2.21. The Hall–Kier alpha value is -1.56. The van der Waals surface area contributed by atoms with Gasteiger partial charge >= 0.3 is 6.03 Å². The fourth-order valence-corrected chi connectivity index (χ4v) is 2.44. The highest BCUT2D eigenvalue weighted by atomic mass is 79.9. The van der Waals surface area contributed by atoms with Crippen LogP contribution in [0.2, 0.25) is 0 Å². The molecule has 20 heavy (non-hydrogen) atoms. The quantitative estimate of drug-likeness (QED) is 0.833. The van der Waals surface area contributed by atoms with E-state index in [2.05, 4.69) is 21.2 Å². The maximum absolute atomic E-state index is 12.2. The Balaban J connectivity index is 2.90. The molecule has 3 amide bonds. The van der Waals surface area contributed by atoms with E-state index in [1.165, 1.54) is 0 Å². The second-order valence-corrected chi connectivity index (χ2v) is 5.30. The van der Waals surface area contributed by atoms with E-state index in [0.29, 0.717) is 13.1 Å². The number of nitrogens with one attached hydrogen (secondary N) is 1. The number of hydrogen-bond donors (Lipinski definition) is 2. The molecule has 0 aliphatic carbocycles. The molecule has 3 N–H and O–H groups in total. The zero-order valence-electron chi connectivity index (χ0n) is 11.7. The van der Waals surface area contributed by atoms with Crippen LogP contribution in [0.4, 0.5) is 4.79 Å². The molecule has 0 bridgehead atoms. The predicted molar refractivity (Wildman–Crippen MR) is 82.1 cm³/mol. The number of carbonyl (C=O) groups excluding carboxylic acids is 2. The van der Waals surface area contributed by atoms with Gasteiger partial charge in [0, 0.05) is 17.6 Å². The Bertz CT molecular complexity index is 475. The lowest BCUT2D eigenvalue weighted by atomic mass is 10.0. The minimum absolute atomic E-state index is 0.00581. The number of nitrogens with two attached hydrogens (primary N) is 1. The largest absolute Gasteiger partial charge is 0.352 e. The lowest BCUT2D eigenvalue weighted by molar-refractivity contribution is -0.131. The first-order valence-corrected chi connectivity index (χ1v) is 7.36. The van der Waals surface area contributed by atoms with E-state index in [-0.39, 0.29) is 12.3 Å². The molecule has 0 aliphatic heterocycles. The van der Waals surface area contributed by atoms with Crippen molar-refractivity contribution in [3.8, 4) is 0 Å². The zero-order chi connectivity index (χ0) is 15.1. The van der Waals surface area contributed by atoms with Gasteiger partial charge in [-0.2, -0.15) is 0 Å². The average Bonchev–Trinajstić information content (AvgIpc) is 2.39. The van der Waals surface area contributed by atoms with Crippen LogP contribution in [0.15, 0.2) is 28.7 Å². The monoisotopic (exact) mass is 341 g/mol. The Morgan fingerprint density at radius 1 is 1.35 bits per heavy atom. The third kappa shape index (κ3) is 4.85. The van der Waals surface area contributed by atoms with Gasteiger partial charge in [-0.05, 0) is 31.5 Å². The molecule has 0 fully saturated rings. The lowest BCUT2D eigenvalue weighted by Crippen LogP contribution is -2.38. The first kappa shape index (κ1) is 16.5. The molecule has 5 nitrogen and oxygen atoms in total. The van der Waals surface area contributed by atoms with Gasteiger partial charge in [-0.25, -0.2) is 4.79 Å². The van der Waals surface area contributed by atoms with Gasteiger partial charge in [-0.15, -0.1) is 0 Å². The van der Waals surface area contributed by atoms with Gasteiger partial charge in [0.05, 0.1) is 12.5 Å². The van der Waals surface area contributed by atoms with Crippen molar-refractivity contribution in [2.24, 2.45) is 5.73 Å². The molecule has 1 unspecified atom stereocenters. The highest BCUT2D eigenvalue weighted by molar-refractivity contribution is 9.10. The summed E-state index contributed by atoms with van der Waals surface area (Å²) in [6, 6.07) is 6.42. The Kier molecular flexibility index (Phi) is 6.51. The minimum atomic E-state index is -0.637. The van der Waals surface area contributed by atoms with Crippen molar-refractivity contribution in [2.45, 2.75) is 26.3 Å². The van der Waals surface area contributed by atoms with Crippen molar-refractivity contribution in [3.63, 3.8) is 0 Å². The molecule has 0 spiro atoms. The normalized spacial score (nSPS) is 11.8. The smallest absolute Gasteiger partial charge is 0.312 e. The molecular formula is C14H20BrN3O2. The van der Waals surface area contributed by atoms with E-state index in [0.717, 1.165) is 10.0 Å². The Morgan fingerprint density at radius 2 is 2.00 bits per heavy atom. The molecule has 6 heteroatoms. The summed E-state index contributed by atoms with van der Waals surface area (Å²) in [5.41, 5.74) is 6.04. The molecule has 0 aliphatic rings. The van der Waals surface area contributed by atoms with Crippen LogP contribution in [0.5, 0.6) is 0 Å². The average molecular weight is 342 g/mol. The summed E-state index contributed by atoms with van der Waals surface area (Å²) in [4.78, 5) is 25.0. The molecule has 0 heterocycles. The number of urea groups is 1. The zero-order valence-corrected chi connectivity index (χ0v) is 13.3. The van der Waals surface area contributed by atoms with Gasteiger partial charge in [0.15, 0.2) is 0 Å². The summed E-state index contributed by atoms with van der Waals surface area (Å²) >= 11 is 3.38. The van der Waals surface area contributed by atoms with Crippen molar-refractivity contribution in [1.82, 2.24) is 10.2 Å². The van der Waals surface area contributed by atoms with E-state index in [9.17, 15) is 9.59 Å². The van der Waals surface area contributed by atoms with E-state index >= 15 is 0 Å². The fourth-order valence-electron chi connectivity index (χ4n) is 2.03. The number of carbonyl (C=O) groups is 2. The highest BCUT2D eigenvalue weighted by Gasteiger charge is 2.20. The predicted octanol–water partition coefficient (Wildman–Crippen LogP) is 2.42. The van der Waals surface area contributed by atoms with Crippen molar-refractivity contribution < 1.29 is 9.59 Å². The van der Waals surface area contributed by atoms with Crippen LogP contribution >= 0.6 is 15.9 Å². The molecule has 0 saturated carbocycles. The Labute approximate surface area is 127 Å². The fraction of sp³-hybridized carbons (Fsp3) is 0.429. The molecule has 0 radical (unpaired) electrons. The summed E-state index contributed by atoms with van der Waals surface area (Å²) in [5, 5.41) is 2.63.